The average Bonchev–Trinajstić information content (AvgIpc) is 3.56. The summed E-state index contributed by atoms with van der Waals surface area (Å²) in [5, 5.41) is 28.6. The van der Waals surface area contributed by atoms with E-state index in [1.807, 2.05) is 31.2 Å². The monoisotopic (exact) mass is 503 g/mol. The van der Waals surface area contributed by atoms with Gasteiger partial charge in [-0.05, 0) is 23.8 Å². The molecular formula is C26H25N5O4S. The lowest BCUT2D eigenvalue weighted by molar-refractivity contribution is -0.0285. The second kappa shape index (κ2) is 9.21. The number of ether oxygens (including phenoxy) is 1. The van der Waals surface area contributed by atoms with Crippen molar-refractivity contribution >= 4 is 39.4 Å². The summed E-state index contributed by atoms with van der Waals surface area (Å²) in [5.41, 5.74) is 9.31. The van der Waals surface area contributed by atoms with E-state index in [4.69, 9.17) is 15.0 Å². The fourth-order valence-electron chi connectivity index (χ4n) is 4.76. The van der Waals surface area contributed by atoms with Gasteiger partial charge in [-0.1, -0.05) is 47.6 Å². The molecule has 1 fully saturated rings. The number of benzene rings is 2. The predicted molar refractivity (Wildman–Crippen MR) is 138 cm³/mol. The largest absolute Gasteiger partial charge is 0.387 e. The normalized spacial score (nSPS) is 22.1. The minimum Gasteiger partial charge on any atom is -0.387 e. The summed E-state index contributed by atoms with van der Waals surface area (Å²) in [6.07, 6.45) is -0.378. The maximum absolute atomic E-state index is 10.7. The van der Waals surface area contributed by atoms with E-state index in [1.165, 1.54) is 6.33 Å². The van der Waals surface area contributed by atoms with Crippen molar-refractivity contribution in [2.75, 3.05) is 11.5 Å². The van der Waals surface area contributed by atoms with E-state index < -0.39 is 24.5 Å². The first kappa shape index (κ1) is 23.0. The smallest absolute Gasteiger partial charge is 0.171 e. The Morgan fingerprint density at radius 1 is 1.03 bits per heavy atom. The highest BCUT2D eigenvalue weighted by Crippen LogP contribution is 2.37. The molecule has 4 heterocycles. The fraction of sp³-hybridized carbons (Fsp3) is 0.269. The first-order valence-electron chi connectivity index (χ1n) is 11.6. The van der Waals surface area contributed by atoms with Gasteiger partial charge in [0.25, 0.3) is 0 Å². The molecule has 0 radical (unpaired) electrons. The highest BCUT2D eigenvalue weighted by Gasteiger charge is 2.44. The number of fused-ring (bicyclic) bond motifs is 2. The van der Waals surface area contributed by atoms with Crippen molar-refractivity contribution in [3.8, 4) is 11.3 Å². The fourth-order valence-corrected chi connectivity index (χ4v) is 5.93. The Bertz CT molecular complexity index is 1540. The number of aromatic nitrogens is 4. The maximum atomic E-state index is 10.7. The van der Waals surface area contributed by atoms with Crippen LogP contribution < -0.4 is 5.73 Å². The quantitative estimate of drug-likeness (QED) is 0.317. The van der Waals surface area contributed by atoms with Crippen LogP contribution >= 0.6 is 11.8 Å². The van der Waals surface area contributed by atoms with Gasteiger partial charge in [0.15, 0.2) is 12.0 Å². The highest BCUT2D eigenvalue weighted by molar-refractivity contribution is 7.98. The van der Waals surface area contributed by atoms with Crippen LogP contribution in [-0.4, -0.2) is 54.0 Å². The number of aliphatic hydroxyl groups excluding tert-OH is 2. The van der Waals surface area contributed by atoms with E-state index in [9.17, 15) is 10.2 Å². The summed E-state index contributed by atoms with van der Waals surface area (Å²) >= 11 is 1.60. The Morgan fingerprint density at radius 2 is 1.86 bits per heavy atom. The summed E-state index contributed by atoms with van der Waals surface area (Å²) in [5.74, 6) is 2.20. The third-order valence-corrected chi connectivity index (χ3v) is 7.76. The minimum absolute atomic E-state index is 0.352. The van der Waals surface area contributed by atoms with E-state index in [0.29, 0.717) is 28.4 Å². The first-order valence-corrected chi connectivity index (χ1v) is 12.8. The van der Waals surface area contributed by atoms with Crippen LogP contribution in [0.4, 0.5) is 5.82 Å². The molecule has 1 saturated heterocycles. The van der Waals surface area contributed by atoms with Crippen molar-refractivity contribution in [3.05, 3.63) is 72.3 Å². The van der Waals surface area contributed by atoms with Gasteiger partial charge in [-0.25, -0.2) is 9.97 Å². The van der Waals surface area contributed by atoms with Gasteiger partial charge in [0.1, 0.15) is 30.0 Å². The Balaban J connectivity index is 1.19. The molecule has 4 atom stereocenters. The molecule has 9 nitrogen and oxygen atoms in total. The number of hydrogen-bond acceptors (Lipinski definition) is 9. The van der Waals surface area contributed by atoms with Crippen LogP contribution in [0.25, 0.3) is 33.1 Å². The molecule has 6 rings (SSSR count). The Morgan fingerprint density at radius 3 is 2.75 bits per heavy atom. The van der Waals surface area contributed by atoms with Gasteiger partial charge in [-0.2, -0.15) is 11.8 Å². The number of rotatable bonds is 6. The number of anilines is 1. The van der Waals surface area contributed by atoms with Crippen molar-refractivity contribution in [1.82, 2.24) is 19.7 Å². The van der Waals surface area contributed by atoms with Crippen LogP contribution in [0.5, 0.6) is 0 Å². The van der Waals surface area contributed by atoms with Crippen molar-refractivity contribution in [2.24, 2.45) is 0 Å². The molecule has 5 aromatic rings. The standard InChI is InChI=1S/C26H25N5O4S/c1-14-19(23(35-30-14)17-8-4-6-15-5-2-3-7-16(15)17)11-36-12-20-21(32)22(33)26(34-20)31-10-9-18-24(27)28-13-29-25(18)31/h2-10,13,20-22,26,32-33H,11-12H2,1H3,(H2,27,28,29)/t20-,21-,22-,26-/m1/s1. The molecule has 0 saturated carbocycles. The van der Waals surface area contributed by atoms with Gasteiger partial charge in [0.2, 0.25) is 0 Å². The minimum atomic E-state index is -1.11. The van der Waals surface area contributed by atoms with Gasteiger partial charge < -0.3 is 29.8 Å². The number of aliphatic hydroxyl groups is 2. The second-order valence-corrected chi connectivity index (χ2v) is 9.91. The van der Waals surface area contributed by atoms with Gasteiger partial charge >= 0.3 is 0 Å². The van der Waals surface area contributed by atoms with Gasteiger partial charge in [-0.15, -0.1) is 0 Å². The van der Waals surface area contributed by atoms with Crippen molar-refractivity contribution in [3.63, 3.8) is 0 Å². The number of aryl methyl sites for hydroxylation is 1. The van der Waals surface area contributed by atoms with Crippen LogP contribution in [0.15, 0.2) is 65.6 Å². The van der Waals surface area contributed by atoms with Crippen LogP contribution in [0.2, 0.25) is 0 Å². The van der Waals surface area contributed by atoms with Crippen molar-refractivity contribution in [2.45, 2.75) is 37.2 Å². The molecule has 0 unspecified atom stereocenters. The molecule has 184 valence electrons. The molecule has 0 amide bonds. The lowest BCUT2D eigenvalue weighted by Crippen LogP contribution is -2.32. The molecule has 2 aromatic carbocycles. The molecule has 3 aromatic heterocycles. The van der Waals surface area contributed by atoms with Gasteiger partial charge in [-0.3, -0.25) is 0 Å². The first-order chi connectivity index (χ1) is 17.5. The molecule has 36 heavy (non-hydrogen) atoms. The third kappa shape index (κ3) is 3.82. The molecular weight excluding hydrogens is 478 g/mol. The zero-order valence-corrected chi connectivity index (χ0v) is 20.3. The zero-order valence-electron chi connectivity index (χ0n) is 19.5. The Labute approximate surface area is 210 Å². The SMILES string of the molecule is Cc1noc(-c2cccc3ccccc23)c1CSC[C@H]1O[C@@H](n2ccc3c(N)ncnc32)[C@H](O)[C@@H]1O. The van der Waals surface area contributed by atoms with Crippen LogP contribution in [0.3, 0.4) is 0 Å². The molecule has 1 aliphatic rings. The third-order valence-electron chi connectivity index (χ3n) is 6.70. The number of nitrogens with zero attached hydrogens (tertiary/aromatic N) is 4. The topological polar surface area (TPSA) is 132 Å². The summed E-state index contributed by atoms with van der Waals surface area (Å²) in [7, 11) is 0. The molecule has 10 heteroatoms. The number of nitrogens with two attached hydrogens (primary N) is 1. The van der Waals surface area contributed by atoms with E-state index in [2.05, 4.69) is 33.3 Å². The average molecular weight is 504 g/mol. The van der Waals surface area contributed by atoms with Crippen LogP contribution in [0.1, 0.15) is 17.5 Å². The zero-order chi connectivity index (χ0) is 24.8. The Kier molecular flexibility index (Phi) is 5.88. The molecule has 0 spiro atoms. The highest BCUT2D eigenvalue weighted by atomic mass is 32.2. The molecule has 0 bridgehead atoms. The maximum Gasteiger partial charge on any atom is 0.171 e. The Hall–Kier alpha value is -3.44. The molecule has 4 N–H and O–H groups in total. The number of nitrogen functional groups attached to an aromatic ring is 1. The van der Waals surface area contributed by atoms with E-state index >= 15 is 0 Å². The van der Waals surface area contributed by atoms with Crippen LogP contribution in [0, 0.1) is 6.92 Å². The number of hydrogen-bond donors (Lipinski definition) is 3. The van der Waals surface area contributed by atoms with E-state index in [1.54, 1.807) is 28.6 Å². The lowest BCUT2D eigenvalue weighted by atomic mass is 10.0. The van der Waals surface area contributed by atoms with Crippen LogP contribution in [-0.2, 0) is 10.5 Å². The lowest BCUT2D eigenvalue weighted by Gasteiger charge is -2.17. The van der Waals surface area contributed by atoms with Gasteiger partial charge in [0, 0.05) is 28.8 Å². The van der Waals surface area contributed by atoms with Crippen molar-refractivity contribution in [1.29, 1.82) is 0 Å². The van der Waals surface area contributed by atoms with E-state index in [-0.39, 0.29) is 0 Å². The second-order valence-electron chi connectivity index (χ2n) is 8.88. The predicted octanol–water partition coefficient (Wildman–Crippen LogP) is 3.68. The summed E-state index contributed by atoms with van der Waals surface area (Å²) < 4.78 is 13.5. The molecule has 1 aliphatic heterocycles. The summed E-state index contributed by atoms with van der Waals surface area (Å²) in [4.78, 5) is 8.27. The summed E-state index contributed by atoms with van der Waals surface area (Å²) in [6.45, 7) is 1.93. The molecule has 0 aliphatic carbocycles. The number of thioether (sulfide) groups is 1. The van der Waals surface area contributed by atoms with E-state index in [0.717, 1.165) is 33.4 Å². The summed E-state index contributed by atoms with van der Waals surface area (Å²) in [6, 6.07) is 16.1. The van der Waals surface area contributed by atoms with Gasteiger partial charge in [0.05, 0.1) is 17.2 Å². The van der Waals surface area contributed by atoms with Crippen molar-refractivity contribution < 1.29 is 19.5 Å².